The molecule has 0 saturated carbocycles. The number of aryl methyl sites for hydroxylation is 1. The Labute approximate surface area is 256 Å². The van der Waals surface area contributed by atoms with Gasteiger partial charge in [-0.3, -0.25) is 14.4 Å². The number of esters is 1. The quantitative estimate of drug-likeness (QED) is 0.118. The number of nitrogens with one attached hydrogen (secondary N) is 2. The van der Waals surface area contributed by atoms with E-state index in [1.54, 1.807) is 20.8 Å². The van der Waals surface area contributed by atoms with Crippen molar-refractivity contribution in [1.29, 1.82) is 0 Å². The second kappa shape index (κ2) is 17.2. The van der Waals surface area contributed by atoms with Crippen LogP contribution in [0.4, 0.5) is 4.39 Å². The molecule has 8 nitrogen and oxygen atoms in total. The van der Waals surface area contributed by atoms with Gasteiger partial charge in [-0.05, 0) is 88.1 Å². The van der Waals surface area contributed by atoms with E-state index >= 15 is 0 Å². The minimum atomic E-state index is -1.24. The maximum absolute atomic E-state index is 14.0. The highest BCUT2D eigenvalue weighted by Gasteiger charge is 2.32. The van der Waals surface area contributed by atoms with Crippen LogP contribution in [-0.4, -0.2) is 57.6 Å². The number of benzene rings is 2. The summed E-state index contributed by atoms with van der Waals surface area (Å²) < 4.78 is 19.7. The molecule has 0 fully saturated rings. The number of rotatable bonds is 16. The molecule has 232 valence electrons. The Kier molecular flexibility index (Phi) is 14.4. The van der Waals surface area contributed by atoms with Crippen LogP contribution >= 0.6 is 15.9 Å². The van der Waals surface area contributed by atoms with Crippen LogP contribution in [0, 0.1) is 11.7 Å². The maximum Gasteiger partial charge on any atom is 0.309 e. The highest BCUT2D eigenvalue weighted by Crippen LogP contribution is 2.24. The summed E-state index contributed by atoms with van der Waals surface area (Å²) in [5.74, 6) is -2.98. The first kappa shape index (κ1) is 35.2. The first-order valence-electron chi connectivity index (χ1n) is 14.4. The van der Waals surface area contributed by atoms with Crippen LogP contribution in [0.3, 0.4) is 0 Å². The third kappa shape index (κ3) is 13.3. The van der Waals surface area contributed by atoms with Crippen LogP contribution in [0.1, 0.15) is 70.1 Å². The molecule has 0 heterocycles. The fourth-order valence-electron chi connectivity index (χ4n) is 4.56. The van der Waals surface area contributed by atoms with E-state index in [2.05, 4.69) is 26.6 Å². The molecule has 2 aromatic rings. The smallest absolute Gasteiger partial charge is 0.309 e. The van der Waals surface area contributed by atoms with Crippen LogP contribution in [0.2, 0.25) is 0 Å². The minimum absolute atomic E-state index is 0.0240. The van der Waals surface area contributed by atoms with Crippen LogP contribution in [0.5, 0.6) is 5.75 Å². The van der Waals surface area contributed by atoms with Crippen molar-refractivity contribution in [2.75, 3.05) is 11.9 Å². The molecule has 2 rings (SSSR count). The molecule has 0 spiro atoms. The van der Waals surface area contributed by atoms with Gasteiger partial charge < -0.3 is 25.6 Å². The van der Waals surface area contributed by atoms with E-state index in [9.17, 15) is 29.0 Å². The number of unbranched alkanes of at least 4 members (excludes halogenated alkanes) is 1. The molecule has 4 N–H and O–H groups in total. The van der Waals surface area contributed by atoms with E-state index in [4.69, 9.17) is 4.74 Å². The summed E-state index contributed by atoms with van der Waals surface area (Å²) in [5.41, 5.74) is 1.63. The summed E-state index contributed by atoms with van der Waals surface area (Å²) in [7, 11) is 0. The Hall–Kier alpha value is -2.98. The van der Waals surface area contributed by atoms with Crippen molar-refractivity contribution in [3.05, 3.63) is 65.0 Å². The zero-order valence-electron chi connectivity index (χ0n) is 24.9. The average Bonchev–Trinajstić information content (AvgIpc) is 2.90. The molecule has 2 aromatic carbocycles. The summed E-state index contributed by atoms with van der Waals surface area (Å²) in [5, 5.41) is 27.4. The Bertz CT molecular complexity index is 1170. The van der Waals surface area contributed by atoms with Gasteiger partial charge in [-0.2, -0.15) is 0 Å². The van der Waals surface area contributed by atoms with Crippen molar-refractivity contribution in [2.45, 2.75) is 90.4 Å². The zero-order chi connectivity index (χ0) is 31.3. The number of aliphatic hydroxyl groups excluding tert-OH is 1. The molecule has 0 aliphatic rings. The molecule has 0 saturated heterocycles. The van der Waals surface area contributed by atoms with Gasteiger partial charge in [-0.25, -0.2) is 4.39 Å². The lowest BCUT2D eigenvalue weighted by Gasteiger charge is -2.29. The largest absolute Gasteiger partial charge is 0.508 e. The predicted molar refractivity (Wildman–Crippen MR) is 164 cm³/mol. The third-order valence-electron chi connectivity index (χ3n) is 6.59. The number of aliphatic hydroxyl groups is 1. The van der Waals surface area contributed by atoms with Crippen molar-refractivity contribution < 1.29 is 33.7 Å². The Morgan fingerprint density at radius 3 is 2.36 bits per heavy atom. The Morgan fingerprint density at radius 2 is 1.71 bits per heavy atom. The second-order valence-corrected chi connectivity index (χ2v) is 12.3. The van der Waals surface area contributed by atoms with Gasteiger partial charge >= 0.3 is 5.97 Å². The third-order valence-corrected chi connectivity index (χ3v) is 7.15. The Morgan fingerprint density at radius 1 is 1.00 bits per heavy atom. The van der Waals surface area contributed by atoms with Crippen LogP contribution in [-0.2, 0) is 38.4 Å². The lowest BCUT2D eigenvalue weighted by atomic mass is 9.88. The minimum Gasteiger partial charge on any atom is -0.508 e. The fraction of sp³-hybridized carbons (Fsp3) is 0.531. The molecule has 0 aliphatic carbocycles. The van der Waals surface area contributed by atoms with E-state index in [0.29, 0.717) is 18.4 Å². The Balaban J connectivity index is 2.26. The van der Waals surface area contributed by atoms with E-state index in [1.807, 2.05) is 31.2 Å². The van der Waals surface area contributed by atoms with Gasteiger partial charge in [-0.1, -0.05) is 47.1 Å². The highest BCUT2D eigenvalue weighted by molar-refractivity contribution is 9.09. The summed E-state index contributed by atoms with van der Waals surface area (Å²) in [6.07, 6.45) is 1.62. The number of halogens is 2. The lowest BCUT2D eigenvalue weighted by molar-refractivity contribution is -0.161. The predicted octanol–water partition coefficient (Wildman–Crippen LogP) is 4.75. The van der Waals surface area contributed by atoms with Crippen LogP contribution in [0.15, 0.2) is 42.5 Å². The summed E-state index contributed by atoms with van der Waals surface area (Å²) in [4.78, 5) is 38.2. The second-order valence-electron chi connectivity index (χ2n) is 11.5. The topological polar surface area (TPSA) is 125 Å². The summed E-state index contributed by atoms with van der Waals surface area (Å²) in [6.45, 7) is 7.04. The standard InChI is InChI=1S/C32H44BrFN2O6/c1-5-21-9-8-10-22(13-21)14-24(31(41)42-32(2,3)4)18-28(38)27(17-23-15-25(34)19-26(37)16-23)36-30(40)20-35-29(39)11-6-7-12-33/h8-10,13,15-16,19,24,27-28,37-38H,5-7,11-12,14,17-18,20H2,1-4H3,(H,35,39)(H,36,40)/t24?,27-,28+/m0/s1. The number of hydrogen-bond acceptors (Lipinski definition) is 6. The van der Waals surface area contributed by atoms with Gasteiger partial charge in [0.2, 0.25) is 11.8 Å². The first-order valence-corrected chi connectivity index (χ1v) is 15.5. The number of phenols is 1. The molecular weight excluding hydrogens is 607 g/mol. The highest BCUT2D eigenvalue weighted by atomic mass is 79.9. The molecule has 0 bridgehead atoms. The molecule has 0 aliphatic heterocycles. The van der Waals surface area contributed by atoms with Crippen molar-refractivity contribution in [3.8, 4) is 5.75 Å². The monoisotopic (exact) mass is 650 g/mol. The maximum atomic E-state index is 14.0. The number of aromatic hydroxyl groups is 1. The van der Waals surface area contributed by atoms with Gasteiger partial charge in [-0.15, -0.1) is 0 Å². The molecule has 10 heteroatoms. The number of phenolic OH excluding ortho intramolecular Hbond substituents is 1. The van der Waals surface area contributed by atoms with E-state index in [1.165, 1.54) is 12.1 Å². The lowest BCUT2D eigenvalue weighted by Crippen LogP contribution is -2.49. The number of hydrogen-bond donors (Lipinski definition) is 4. The number of alkyl halides is 1. The molecule has 1 unspecified atom stereocenters. The average molecular weight is 652 g/mol. The number of ether oxygens (including phenoxy) is 1. The van der Waals surface area contributed by atoms with Crippen LogP contribution in [0.25, 0.3) is 0 Å². The molecular formula is C32H44BrFN2O6. The van der Waals surface area contributed by atoms with Gasteiger partial charge in [0.15, 0.2) is 0 Å². The number of amides is 2. The fourth-order valence-corrected chi connectivity index (χ4v) is 4.95. The zero-order valence-corrected chi connectivity index (χ0v) is 26.5. The van der Waals surface area contributed by atoms with Crippen molar-refractivity contribution in [1.82, 2.24) is 10.6 Å². The first-order chi connectivity index (χ1) is 19.8. The van der Waals surface area contributed by atoms with Crippen molar-refractivity contribution in [3.63, 3.8) is 0 Å². The normalized spacial score (nSPS) is 13.6. The molecule has 42 heavy (non-hydrogen) atoms. The van der Waals surface area contributed by atoms with Gasteiger partial charge in [0.1, 0.15) is 17.2 Å². The molecule has 0 aromatic heterocycles. The summed E-state index contributed by atoms with van der Waals surface area (Å²) in [6, 6.07) is 10.4. The molecule has 3 atom stereocenters. The van der Waals surface area contributed by atoms with Gasteiger partial charge in [0.05, 0.1) is 24.6 Å². The molecule has 2 amide bonds. The van der Waals surface area contributed by atoms with Crippen molar-refractivity contribution >= 4 is 33.7 Å². The van der Waals surface area contributed by atoms with Gasteiger partial charge in [0, 0.05) is 17.8 Å². The SMILES string of the molecule is CCc1cccc(CC(C[C@@H](O)[C@H](Cc2cc(O)cc(F)c2)NC(=O)CNC(=O)CCCCBr)C(=O)OC(C)(C)C)c1. The van der Waals surface area contributed by atoms with Crippen molar-refractivity contribution in [2.24, 2.45) is 5.92 Å². The van der Waals surface area contributed by atoms with Crippen LogP contribution < -0.4 is 10.6 Å². The molecule has 0 radical (unpaired) electrons. The van der Waals surface area contributed by atoms with Gasteiger partial charge in [0.25, 0.3) is 0 Å². The van der Waals surface area contributed by atoms with E-state index in [-0.39, 0.29) is 37.5 Å². The van der Waals surface area contributed by atoms with E-state index in [0.717, 1.165) is 35.4 Å². The number of carbonyl (C=O) groups excluding carboxylic acids is 3. The number of carbonyl (C=O) groups is 3. The summed E-state index contributed by atoms with van der Waals surface area (Å²) >= 11 is 3.32. The van der Waals surface area contributed by atoms with E-state index < -0.39 is 41.4 Å².